The molecule has 0 saturated carbocycles. The van der Waals surface area contributed by atoms with Crippen LogP contribution in [0.5, 0.6) is 0 Å². The number of nitrogens with one attached hydrogen (secondary N) is 1. The van der Waals surface area contributed by atoms with Crippen LogP contribution in [-0.2, 0) is 11.8 Å². The number of amides is 1. The highest BCUT2D eigenvalue weighted by Gasteiger charge is 2.16. The third kappa shape index (κ3) is 4.23. The number of halogens is 2. The van der Waals surface area contributed by atoms with Gasteiger partial charge < -0.3 is 14.3 Å². The van der Waals surface area contributed by atoms with Crippen LogP contribution in [0.4, 0.5) is 0 Å². The predicted octanol–water partition coefficient (Wildman–Crippen LogP) is 4.35. The zero-order chi connectivity index (χ0) is 18.7. The molecule has 1 N–H and O–H groups in total. The van der Waals surface area contributed by atoms with E-state index >= 15 is 0 Å². The smallest absolute Gasteiger partial charge is 0.230 e. The molecule has 0 aliphatic carbocycles. The molecular weight excluding hydrogens is 395 g/mol. The average Bonchev–Trinajstić information content (AvgIpc) is 3.22. The maximum absolute atomic E-state index is 12.2. The van der Waals surface area contributed by atoms with Crippen LogP contribution < -0.4 is 5.32 Å². The van der Waals surface area contributed by atoms with Crippen molar-refractivity contribution in [2.75, 3.05) is 5.75 Å². The molecule has 0 bridgehead atoms. The summed E-state index contributed by atoms with van der Waals surface area (Å²) >= 11 is 13.4. The van der Waals surface area contributed by atoms with E-state index in [4.69, 9.17) is 27.6 Å². The van der Waals surface area contributed by atoms with Crippen LogP contribution in [0.2, 0.25) is 10.0 Å². The Morgan fingerprint density at radius 1 is 1.35 bits per heavy atom. The summed E-state index contributed by atoms with van der Waals surface area (Å²) in [4.78, 5) is 12.2. The Hall–Kier alpha value is -1.96. The summed E-state index contributed by atoms with van der Waals surface area (Å²) in [6, 6.07) is 8.57. The fraction of sp³-hybridized carbons (Fsp3) is 0.235. The zero-order valence-corrected chi connectivity index (χ0v) is 16.4. The summed E-state index contributed by atoms with van der Waals surface area (Å²) in [5.74, 6) is 1.32. The van der Waals surface area contributed by atoms with Gasteiger partial charge in [-0.1, -0.05) is 41.0 Å². The van der Waals surface area contributed by atoms with Crippen LogP contribution in [0.1, 0.15) is 18.5 Å². The number of furan rings is 1. The lowest BCUT2D eigenvalue weighted by Gasteiger charge is -2.15. The van der Waals surface area contributed by atoms with E-state index in [1.807, 2.05) is 20.0 Å². The Morgan fingerprint density at radius 2 is 2.15 bits per heavy atom. The Morgan fingerprint density at radius 3 is 2.85 bits per heavy atom. The molecule has 2 heterocycles. The molecule has 3 aromatic rings. The van der Waals surface area contributed by atoms with E-state index in [0.717, 1.165) is 5.56 Å². The molecule has 0 unspecified atom stereocenters. The number of hydrogen-bond acceptors (Lipinski definition) is 5. The molecule has 0 radical (unpaired) electrons. The molecule has 6 nitrogen and oxygen atoms in total. The van der Waals surface area contributed by atoms with Gasteiger partial charge in [-0.15, -0.1) is 10.2 Å². The van der Waals surface area contributed by atoms with Crippen molar-refractivity contribution in [2.45, 2.75) is 18.1 Å². The number of aromatic nitrogens is 3. The molecule has 9 heteroatoms. The van der Waals surface area contributed by atoms with E-state index in [1.165, 1.54) is 11.8 Å². The summed E-state index contributed by atoms with van der Waals surface area (Å²) in [6.45, 7) is 1.87. The summed E-state index contributed by atoms with van der Waals surface area (Å²) < 4.78 is 7.11. The second kappa shape index (κ2) is 8.16. The van der Waals surface area contributed by atoms with Gasteiger partial charge in [-0.25, -0.2) is 0 Å². The van der Waals surface area contributed by atoms with Gasteiger partial charge >= 0.3 is 0 Å². The van der Waals surface area contributed by atoms with Gasteiger partial charge in [-0.2, -0.15) is 0 Å². The molecule has 26 heavy (non-hydrogen) atoms. The van der Waals surface area contributed by atoms with Crippen molar-refractivity contribution in [1.29, 1.82) is 0 Å². The monoisotopic (exact) mass is 410 g/mol. The first-order valence-corrected chi connectivity index (χ1v) is 9.50. The zero-order valence-electron chi connectivity index (χ0n) is 14.1. The maximum atomic E-state index is 12.2. The number of carbonyl (C=O) groups excluding carboxylic acids is 1. The maximum Gasteiger partial charge on any atom is 0.230 e. The highest BCUT2D eigenvalue weighted by molar-refractivity contribution is 7.99. The first-order valence-electron chi connectivity index (χ1n) is 7.76. The molecule has 3 rings (SSSR count). The van der Waals surface area contributed by atoms with Crippen LogP contribution >= 0.6 is 35.0 Å². The van der Waals surface area contributed by atoms with Crippen molar-refractivity contribution in [3.05, 3.63) is 52.2 Å². The average molecular weight is 411 g/mol. The van der Waals surface area contributed by atoms with Gasteiger partial charge in [0.15, 0.2) is 16.7 Å². The van der Waals surface area contributed by atoms with Gasteiger partial charge in [0.1, 0.15) is 0 Å². The van der Waals surface area contributed by atoms with Crippen LogP contribution in [0.25, 0.3) is 11.6 Å². The minimum atomic E-state index is -0.231. The van der Waals surface area contributed by atoms with E-state index in [0.29, 0.717) is 26.8 Å². The third-order valence-electron chi connectivity index (χ3n) is 3.72. The van der Waals surface area contributed by atoms with Gasteiger partial charge in [0.05, 0.1) is 18.1 Å². The van der Waals surface area contributed by atoms with Gasteiger partial charge in [0.2, 0.25) is 5.91 Å². The minimum absolute atomic E-state index is 0.129. The fourth-order valence-electron chi connectivity index (χ4n) is 2.40. The molecular formula is C17H16Cl2N4O2S. The molecule has 0 spiro atoms. The van der Waals surface area contributed by atoms with Crippen molar-refractivity contribution >= 4 is 40.9 Å². The molecule has 1 aromatic carbocycles. The van der Waals surface area contributed by atoms with Crippen LogP contribution in [0.3, 0.4) is 0 Å². The quantitative estimate of drug-likeness (QED) is 0.611. The molecule has 1 atom stereocenters. The predicted molar refractivity (Wildman–Crippen MR) is 102 cm³/mol. The second-order valence-corrected chi connectivity index (χ2v) is 7.37. The van der Waals surface area contributed by atoms with E-state index in [-0.39, 0.29) is 17.7 Å². The number of thioether (sulfide) groups is 1. The summed E-state index contributed by atoms with van der Waals surface area (Å²) in [6.07, 6.45) is 1.58. The Labute approximate surface area is 164 Å². The Bertz CT molecular complexity index is 912. The van der Waals surface area contributed by atoms with Gasteiger partial charge in [-0.3, -0.25) is 4.79 Å². The van der Waals surface area contributed by atoms with Crippen molar-refractivity contribution in [2.24, 2.45) is 7.05 Å². The molecule has 0 fully saturated rings. The third-order valence-corrected chi connectivity index (χ3v) is 5.30. The standard InChI is InChI=1S/C17H16Cl2N4O2S/c1-10(12-6-5-11(18)8-13(12)19)20-15(24)9-26-17-22-21-16(23(17)2)14-4-3-7-25-14/h3-8,10H,9H2,1-2H3,(H,20,24)/t10-/m1/s1. The fourth-order valence-corrected chi connectivity index (χ4v) is 3.70. The SMILES string of the molecule is C[C@@H](NC(=O)CSc1nnc(-c2ccco2)n1C)c1ccc(Cl)cc1Cl. The largest absolute Gasteiger partial charge is 0.461 e. The molecule has 0 saturated heterocycles. The molecule has 2 aromatic heterocycles. The molecule has 0 aliphatic rings. The van der Waals surface area contributed by atoms with Crippen molar-refractivity contribution < 1.29 is 9.21 Å². The highest BCUT2D eigenvalue weighted by atomic mass is 35.5. The van der Waals surface area contributed by atoms with Crippen LogP contribution in [0.15, 0.2) is 46.2 Å². The van der Waals surface area contributed by atoms with E-state index in [2.05, 4.69) is 15.5 Å². The molecule has 0 aliphatic heterocycles. The van der Waals surface area contributed by atoms with E-state index in [9.17, 15) is 4.79 Å². The van der Waals surface area contributed by atoms with E-state index < -0.39 is 0 Å². The van der Waals surface area contributed by atoms with Gasteiger partial charge in [0, 0.05) is 17.1 Å². The first kappa shape index (κ1) is 18.8. The lowest BCUT2D eigenvalue weighted by Crippen LogP contribution is -2.28. The minimum Gasteiger partial charge on any atom is -0.461 e. The Kier molecular flexibility index (Phi) is 5.90. The number of nitrogens with zero attached hydrogens (tertiary/aromatic N) is 3. The highest BCUT2D eigenvalue weighted by Crippen LogP contribution is 2.27. The number of benzene rings is 1. The number of carbonyl (C=O) groups is 1. The molecule has 136 valence electrons. The topological polar surface area (TPSA) is 73.0 Å². The summed E-state index contributed by atoms with van der Waals surface area (Å²) in [7, 11) is 1.83. The lowest BCUT2D eigenvalue weighted by atomic mass is 10.1. The number of rotatable bonds is 6. The van der Waals surface area contributed by atoms with Crippen molar-refractivity contribution in [3.63, 3.8) is 0 Å². The lowest BCUT2D eigenvalue weighted by molar-refractivity contribution is -0.119. The molecule has 1 amide bonds. The first-order chi connectivity index (χ1) is 12.5. The normalized spacial score (nSPS) is 12.2. The van der Waals surface area contributed by atoms with Gasteiger partial charge in [0.25, 0.3) is 0 Å². The summed E-state index contributed by atoms with van der Waals surface area (Å²) in [5.41, 5.74) is 0.813. The van der Waals surface area contributed by atoms with Crippen molar-refractivity contribution in [3.8, 4) is 11.6 Å². The van der Waals surface area contributed by atoms with Crippen LogP contribution in [0, 0.1) is 0 Å². The summed E-state index contributed by atoms with van der Waals surface area (Å²) in [5, 5.41) is 12.8. The van der Waals surface area contributed by atoms with Gasteiger partial charge in [-0.05, 0) is 36.8 Å². The van der Waals surface area contributed by atoms with E-state index in [1.54, 1.807) is 35.1 Å². The number of hydrogen-bond donors (Lipinski definition) is 1. The second-order valence-electron chi connectivity index (χ2n) is 5.59. The van der Waals surface area contributed by atoms with Crippen LogP contribution in [-0.4, -0.2) is 26.4 Å². The Balaban J connectivity index is 1.59. The van der Waals surface area contributed by atoms with Crippen molar-refractivity contribution in [1.82, 2.24) is 20.1 Å².